The molecule has 0 atom stereocenters. The average molecular weight is 248 g/mol. The number of aromatic nitrogens is 1. The van der Waals surface area contributed by atoms with Crippen LogP contribution in [0, 0.1) is 15.9 Å². The van der Waals surface area contributed by atoms with Crippen molar-refractivity contribution >= 4 is 5.69 Å². The normalized spacial score (nSPS) is 10.1. The molecular formula is C12H9FN2O3. The monoisotopic (exact) mass is 248 g/mol. The molecule has 0 N–H and O–H groups in total. The largest absolute Gasteiger partial charge is 0.487 e. The molecular weight excluding hydrogens is 239 g/mol. The topological polar surface area (TPSA) is 65.3 Å². The van der Waals surface area contributed by atoms with Gasteiger partial charge in [-0.15, -0.1) is 0 Å². The van der Waals surface area contributed by atoms with Gasteiger partial charge in [-0.25, -0.2) is 0 Å². The van der Waals surface area contributed by atoms with E-state index in [1.54, 1.807) is 18.3 Å². The van der Waals surface area contributed by atoms with Gasteiger partial charge in [0.25, 0.3) is 0 Å². The van der Waals surface area contributed by atoms with E-state index in [0.29, 0.717) is 5.69 Å². The Kier molecular flexibility index (Phi) is 3.47. The maximum absolute atomic E-state index is 13.3. The fraction of sp³-hybridized carbons (Fsp3) is 0.0833. The zero-order valence-corrected chi connectivity index (χ0v) is 9.25. The van der Waals surface area contributed by atoms with Gasteiger partial charge in [-0.1, -0.05) is 6.07 Å². The molecule has 18 heavy (non-hydrogen) atoms. The molecule has 0 fully saturated rings. The minimum absolute atomic E-state index is 0.179. The van der Waals surface area contributed by atoms with Gasteiger partial charge in [-0.3, -0.25) is 15.1 Å². The highest BCUT2D eigenvalue weighted by Crippen LogP contribution is 2.22. The van der Waals surface area contributed by atoms with Gasteiger partial charge < -0.3 is 4.74 Å². The number of halogens is 1. The SMILES string of the molecule is O=[N+]([O-])c1ccc(OCc2ccccn2)cc1F. The molecule has 0 aliphatic carbocycles. The number of hydrogen-bond acceptors (Lipinski definition) is 4. The predicted molar refractivity (Wildman–Crippen MR) is 61.6 cm³/mol. The van der Waals surface area contributed by atoms with E-state index in [4.69, 9.17) is 4.74 Å². The first-order valence-electron chi connectivity index (χ1n) is 5.13. The summed E-state index contributed by atoms with van der Waals surface area (Å²) in [6.45, 7) is 0.179. The van der Waals surface area contributed by atoms with Crippen molar-refractivity contribution in [3.63, 3.8) is 0 Å². The number of benzene rings is 1. The maximum atomic E-state index is 13.3. The van der Waals surface area contributed by atoms with Gasteiger partial charge in [0.15, 0.2) is 0 Å². The van der Waals surface area contributed by atoms with Gasteiger partial charge in [-0.05, 0) is 18.2 Å². The Bertz CT molecular complexity index is 561. The van der Waals surface area contributed by atoms with Crippen molar-refractivity contribution in [2.24, 2.45) is 0 Å². The van der Waals surface area contributed by atoms with Gasteiger partial charge >= 0.3 is 5.69 Å². The lowest BCUT2D eigenvalue weighted by molar-refractivity contribution is -0.387. The number of ether oxygens (including phenoxy) is 1. The number of pyridine rings is 1. The Balaban J connectivity index is 2.07. The van der Waals surface area contributed by atoms with Crippen LogP contribution in [0.4, 0.5) is 10.1 Å². The molecule has 0 radical (unpaired) electrons. The number of nitro groups is 1. The van der Waals surface area contributed by atoms with Crippen LogP contribution in [-0.4, -0.2) is 9.91 Å². The molecule has 1 aromatic carbocycles. The molecule has 6 heteroatoms. The van der Waals surface area contributed by atoms with Crippen LogP contribution in [0.25, 0.3) is 0 Å². The molecule has 2 aromatic rings. The molecule has 0 aliphatic heterocycles. The Morgan fingerprint density at radius 2 is 2.17 bits per heavy atom. The van der Waals surface area contributed by atoms with Crippen molar-refractivity contribution in [3.05, 3.63) is 64.2 Å². The van der Waals surface area contributed by atoms with Crippen LogP contribution >= 0.6 is 0 Å². The third kappa shape index (κ3) is 2.79. The molecule has 0 spiro atoms. The summed E-state index contributed by atoms with van der Waals surface area (Å²) in [6, 6.07) is 8.76. The molecule has 0 aliphatic rings. The standard InChI is InChI=1S/C12H9FN2O3/c13-11-7-10(4-5-12(11)15(16)17)18-8-9-3-1-2-6-14-9/h1-7H,8H2. The van der Waals surface area contributed by atoms with Crippen LogP contribution < -0.4 is 4.74 Å². The molecule has 1 heterocycles. The molecule has 5 nitrogen and oxygen atoms in total. The van der Waals surface area contributed by atoms with E-state index in [1.165, 1.54) is 6.07 Å². The summed E-state index contributed by atoms with van der Waals surface area (Å²) in [7, 11) is 0. The van der Waals surface area contributed by atoms with Gasteiger partial charge in [0.1, 0.15) is 12.4 Å². The van der Waals surface area contributed by atoms with Crippen LogP contribution in [0.15, 0.2) is 42.6 Å². The van der Waals surface area contributed by atoms with E-state index in [9.17, 15) is 14.5 Å². The molecule has 0 amide bonds. The summed E-state index contributed by atoms with van der Waals surface area (Å²) in [5.74, 6) is -0.692. The first-order valence-corrected chi connectivity index (χ1v) is 5.13. The summed E-state index contributed by atoms with van der Waals surface area (Å²) in [5.41, 5.74) is 0.122. The van der Waals surface area contributed by atoms with E-state index in [2.05, 4.69) is 4.98 Å². The Hall–Kier alpha value is -2.50. The molecule has 0 bridgehead atoms. The first kappa shape index (κ1) is 12.0. The zero-order chi connectivity index (χ0) is 13.0. The molecule has 92 valence electrons. The van der Waals surface area contributed by atoms with Crippen molar-refractivity contribution in [1.29, 1.82) is 0 Å². The molecule has 0 saturated heterocycles. The van der Waals surface area contributed by atoms with Crippen molar-refractivity contribution in [3.8, 4) is 5.75 Å². The lowest BCUT2D eigenvalue weighted by atomic mass is 10.3. The van der Waals surface area contributed by atoms with Crippen LogP contribution in [0.1, 0.15) is 5.69 Å². The van der Waals surface area contributed by atoms with E-state index >= 15 is 0 Å². The van der Waals surface area contributed by atoms with E-state index in [1.807, 2.05) is 6.07 Å². The summed E-state index contributed by atoms with van der Waals surface area (Å²) in [4.78, 5) is 13.7. The highest BCUT2D eigenvalue weighted by Gasteiger charge is 2.14. The van der Waals surface area contributed by atoms with Gasteiger partial charge in [0.2, 0.25) is 5.82 Å². The molecule has 2 rings (SSSR count). The van der Waals surface area contributed by atoms with Crippen molar-refractivity contribution < 1.29 is 14.1 Å². The Morgan fingerprint density at radius 3 is 2.78 bits per heavy atom. The van der Waals surface area contributed by atoms with Crippen LogP contribution in [0.2, 0.25) is 0 Å². The quantitative estimate of drug-likeness (QED) is 0.616. The lowest BCUT2D eigenvalue weighted by Crippen LogP contribution is -1.99. The third-order valence-electron chi connectivity index (χ3n) is 2.23. The van der Waals surface area contributed by atoms with Crippen LogP contribution in [0.3, 0.4) is 0 Å². The number of rotatable bonds is 4. The zero-order valence-electron chi connectivity index (χ0n) is 9.25. The minimum atomic E-state index is -0.918. The van der Waals surface area contributed by atoms with E-state index in [0.717, 1.165) is 12.1 Å². The van der Waals surface area contributed by atoms with Crippen molar-refractivity contribution in [2.45, 2.75) is 6.61 Å². The Labute approximate surface area is 102 Å². The van der Waals surface area contributed by atoms with Gasteiger partial charge in [-0.2, -0.15) is 4.39 Å². The highest BCUT2D eigenvalue weighted by molar-refractivity contribution is 5.37. The van der Waals surface area contributed by atoms with Gasteiger partial charge in [0.05, 0.1) is 10.6 Å². The predicted octanol–water partition coefficient (Wildman–Crippen LogP) is 2.71. The first-order chi connectivity index (χ1) is 8.66. The second kappa shape index (κ2) is 5.22. The van der Waals surface area contributed by atoms with Crippen LogP contribution in [0.5, 0.6) is 5.75 Å². The summed E-state index contributed by atoms with van der Waals surface area (Å²) < 4.78 is 18.6. The average Bonchev–Trinajstić information content (AvgIpc) is 2.37. The highest BCUT2D eigenvalue weighted by atomic mass is 19.1. The smallest absolute Gasteiger partial charge is 0.305 e. The molecule has 0 saturated carbocycles. The van der Waals surface area contributed by atoms with E-state index < -0.39 is 16.4 Å². The summed E-state index contributed by atoms with van der Waals surface area (Å²) in [6.07, 6.45) is 1.62. The fourth-order valence-corrected chi connectivity index (χ4v) is 1.37. The summed E-state index contributed by atoms with van der Waals surface area (Å²) in [5, 5.41) is 10.4. The van der Waals surface area contributed by atoms with Crippen LogP contribution in [-0.2, 0) is 6.61 Å². The Morgan fingerprint density at radius 1 is 1.33 bits per heavy atom. The number of nitrogens with zero attached hydrogens (tertiary/aromatic N) is 2. The number of nitro benzene ring substituents is 1. The molecule has 0 unspecified atom stereocenters. The second-order valence-corrected chi connectivity index (χ2v) is 3.48. The second-order valence-electron chi connectivity index (χ2n) is 3.48. The number of hydrogen-bond donors (Lipinski definition) is 0. The fourth-order valence-electron chi connectivity index (χ4n) is 1.37. The van der Waals surface area contributed by atoms with E-state index in [-0.39, 0.29) is 12.4 Å². The van der Waals surface area contributed by atoms with Crippen molar-refractivity contribution in [2.75, 3.05) is 0 Å². The minimum Gasteiger partial charge on any atom is -0.487 e. The van der Waals surface area contributed by atoms with Crippen molar-refractivity contribution in [1.82, 2.24) is 4.98 Å². The molecule has 1 aromatic heterocycles. The van der Waals surface area contributed by atoms with Gasteiger partial charge in [0, 0.05) is 18.3 Å². The maximum Gasteiger partial charge on any atom is 0.305 e. The lowest BCUT2D eigenvalue weighted by Gasteiger charge is -2.05. The third-order valence-corrected chi connectivity index (χ3v) is 2.23. The summed E-state index contributed by atoms with van der Waals surface area (Å²) >= 11 is 0.